The van der Waals surface area contributed by atoms with Crippen molar-refractivity contribution in [1.29, 1.82) is 5.26 Å². The molecule has 0 aliphatic rings. The van der Waals surface area contributed by atoms with E-state index in [0.29, 0.717) is 22.4 Å². The van der Waals surface area contributed by atoms with E-state index >= 15 is 0 Å². The molecular formula is C15H21ClN3O2PS. The highest BCUT2D eigenvalue weighted by atomic mass is 35.5. The van der Waals surface area contributed by atoms with Crippen LogP contribution in [0.5, 0.6) is 0 Å². The van der Waals surface area contributed by atoms with Crippen molar-refractivity contribution in [3.8, 4) is 6.07 Å². The zero-order valence-corrected chi connectivity index (χ0v) is 15.9. The standard InChI is InChI=1S/C15H21ClN3O2PS/c1-13(2)11-23-22(20,21-3)19(10-6-9-17)12-18-15-8-5-4-7-14(15)16/h4-5,7-8,12-13H,6,10-11H2,1-3H3. The van der Waals surface area contributed by atoms with Crippen LogP contribution < -0.4 is 0 Å². The quantitative estimate of drug-likeness (QED) is 0.331. The summed E-state index contributed by atoms with van der Waals surface area (Å²) < 4.78 is 19.8. The highest BCUT2D eigenvalue weighted by Crippen LogP contribution is 2.61. The average molecular weight is 374 g/mol. The summed E-state index contributed by atoms with van der Waals surface area (Å²) in [5.41, 5.74) is 0.577. The molecule has 1 aromatic carbocycles. The Bertz CT molecular complexity index is 619. The third kappa shape index (κ3) is 6.56. The van der Waals surface area contributed by atoms with Gasteiger partial charge in [0.25, 0.3) is 0 Å². The van der Waals surface area contributed by atoms with Crippen molar-refractivity contribution >= 4 is 41.7 Å². The topological polar surface area (TPSA) is 65.7 Å². The van der Waals surface area contributed by atoms with Crippen LogP contribution >= 0.6 is 29.7 Å². The third-order valence-electron chi connectivity index (χ3n) is 2.75. The van der Waals surface area contributed by atoms with Crippen LogP contribution in [0, 0.1) is 17.2 Å². The molecule has 1 unspecified atom stereocenters. The summed E-state index contributed by atoms with van der Waals surface area (Å²) >= 11 is 7.33. The first-order valence-electron chi connectivity index (χ1n) is 7.16. The summed E-state index contributed by atoms with van der Waals surface area (Å²) in [4.78, 5) is 4.29. The van der Waals surface area contributed by atoms with Gasteiger partial charge in [0, 0.05) is 19.4 Å². The second-order valence-electron chi connectivity index (χ2n) is 5.11. The summed E-state index contributed by atoms with van der Waals surface area (Å²) in [5.74, 6) is 1.07. The van der Waals surface area contributed by atoms with E-state index < -0.39 is 6.72 Å². The van der Waals surface area contributed by atoms with Gasteiger partial charge in [0.2, 0.25) is 0 Å². The van der Waals surface area contributed by atoms with E-state index in [2.05, 4.69) is 11.1 Å². The number of benzene rings is 1. The molecule has 0 spiro atoms. The predicted molar refractivity (Wildman–Crippen MR) is 98.5 cm³/mol. The average Bonchev–Trinajstić information content (AvgIpc) is 2.54. The van der Waals surface area contributed by atoms with Gasteiger partial charge in [-0.15, -0.1) is 0 Å². The fraction of sp³-hybridized carbons (Fsp3) is 0.467. The lowest BCUT2D eigenvalue weighted by Gasteiger charge is -2.27. The monoisotopic (exact) mass is 373 g/mol. The number of hydrogen-bond acceptors (Lipinski definition) is 5. The van der Waals surface area contributed by atoms with Crippen LogP contribution in [-0.4, -0.2) is 30.4 Å². The van der Waals surface area contributed by atoms with Gasteiger partial charge in [0.05, 0.1) is 29.5 Å². The molecule has 0 aromatic heterocycles. The Labute approximate surface area is 146 Å². The van der Waals surface area contributed by atoms with Crippen LogP contribution in [0.1, 0.15) is 20.3 Å². The zero-order valence-electron chi connectivity index (χ0n) is 13.5. The lowest BCUT2D eigenvalue weighted by Crippen LogP contribution is -2.20. The summed E-state index contributed by atoms with van der Waals surface area (Å²) in [6.45, 7) is 1.23. The molecule has 23 heavy (non-hydrogen) atoms. The Kier molecular flexibility index (Phi) is 8.72. The smallest absolute Gasteiger partial charge is 0.309 e. The van der Waals surface area contributed by atoms with E-state index in [-0.39, 0.29) is 13.0 Å². The summed E-state index contributed by atoms with van der Waals surface area (Å²) in [7, 11) is 1.41. The van der Waals surface area contributed by atoms with Gasteiger partial charge in [-0.3, -0.25) is 9.24 Å². The molecule has 126 valence electrons. The maximum atomic E-state index is 13.0. The van der Waals surface area contributed by atoms with E-state index in [0.717, 1.165) is 0 Å². The molecule has 0 aliphatic carbocycles. The largest absolute Gasteiger partial charge is 0.354 e. The van der Waals surface area contributed by atoms with E-state index in [1.54, 1.807) is 12.1 Å². The lowest BCUT2D eigenvalue weighted by atomic mass is 10.3. The molecule has 0 saturated carbocycles. The highest BCUT2D eigenvalue weighted by molar-refractivity contribution is 8.55. The first-order chi connectivity index (χ1) is 10.9. The number of aliphatic imine (C=N–C) groups is 1. The number of nitrogens with zero attached hydrogens (tertiary/aromatic N) is 3. The minimum absolute atomic E-state index is 0.226. The number of para-hydroxylation sites is 1. The molecule has 0 fully saturated rings. The van der Waals surface area contributed by atoms with Crippen molar-refractivity contribution < 1.29 is 9.09 Å². The summed E-state index contributed by atoms with van der Waals surface area (Å²) in [6, 6.07) is 9.18. The molecule has 0 heterocycles. The Morgan fingerprint density at radius 3 is 2.78 bits per heavy atom. The van der Waals surface area contributed by atoms with Crippen LogP contribution in [0.4, 0.5) is 5.69 Å². The van der Waals surface area contributed by atoms with Crippen LogP contribution in [-0.2, 0) is 9.09 Å². The minimum atomic E-state index is -3.14. The van der Waals surface area contributed by atoms with Crippen molar-refractivity contribution in [2.45, 2.75) is 20.3 Å². The number of rotatable bonds is 9. The summed E-state index contributed by atoms with van der Waals surface area (Å²) in [6.07, 6.45) is 1.68. The molecule has 5 nitrogen and oxygen atoms in total. The molecule has 1 rings (SSSR count). The fourth-order valence-corrected chi connectivity index (χ4v) is 5.82. The molecule has 0 N–H and O–H groups in total. The van der Waals surface area contributed by atoms with Crippen LogP contribution in [0.25, 0.3) is 0 Å². The number of hydrogen-bond donors (Lipinski definition) is 0. The fourth-order valence-electron chi connectivity index (χ4n) is 1.57. The van der Waals surface area contributed by atoms with Crippen LogP contribution in [0.2, 0.25) is 5.02 Å². The van der Waals surface area contributed by atoms with Gasteiger partial charge >= 0.3 is 6.72 Å². The molecule has 1 aromatic rings. The highest BCUT2D eigenvalue weighted by Gasteiger charge is 2.30. The van der Waals surface area contributed by atoms with Crippen molar-refractivity contribution in [2.75, 3.05) is 19.4 Å². The van der Waals surface area contributed by atoms with Gasteiger partial charge in [-0.25, -0.2) is 4.99 Å². The number of halogens is 1. The van der Waals surface area contributed by atoms with Gasteiger partial charge in [0.15, 0.2) is 0 Å². The second-order valence-corrected chi connectivity index (χ2v) is 10.1. The van der Waals surface area contributed by atoms with Crippen molar-refractivity contribution in [1.82, 2.24) is 4.67 Å². The number of nitriles is 1. The van der Waals surface area contributed by atoms with Gasteiger partial charge in [0.1, 0.15) is 0 Å². The lowest BCUT2D eigenvalue weighted by molar-refractivity contribution is 0.371. The van der Waals surface area contributed by atoms with E-state index in [4.69, 9.17) is 21.4 Å². The SMILES string of the molecule is COP(=O)(SCC(C)C)N(C=Nc1ccccc1Cl)CCC#N. The van der Waals surface area contributed by atoms with E-state index in [1.165, 1.54) is 29.5 Å². The predicted octanol–water partition coefficient (Wildman–Crippen LogP) is 5.36. The summed E-state index contributed by atoms with van der Waals surface area (Å²) in [5, 5.41) is 9.33. The van der Waals surface area contributed by atoms with Crippen molar-refractivity contribution in [3.63, 3.8) is 0 Å². The molecule has 1 atom stereocenters. The third-order valence-corrected chi connectivity index (χ3v) is 8.11. The Balaban J connectivity index is 3.00. The normalized spacial score (nSPS) is 13.9. The Hall–Kier alpha value is -0.990. The molecule has 0 aliphatic heterocycles. The molecular weight excluding hydrogens is 353 g/mol. The molecule has 0 radical (unpaired) electrons. The maximum absolute atomic E-state index is 13.0. The van der Waals surface area contributed by atoms with Gasteiger partial charge in [-0.05, 0) is 29.4 Å². The van der Waals surface area contributed by atoms with Crippen LogP contribution in [0.3, 0.4) is 0 Å². The van der Waals surface area contributed by atoms with Crippen molar-refractivity contribution in [2.24, 2.45) is 10.9 Å². The molecule has 0 saturated heterocycles. The Morgan fingerprint density at radius 1 is 1.52 bits per heavy atom. The first-order valence-corrected chi connectivity index (χ1v) is 10.7. The molecule has 0 amide bonds. The van der Waals surface area contributed by atoms with E-state index in [1.807, 2.05) is 26.0 Å². The van der Waals surface area contributed by atoms with Gasteiger partial charge in [-0.1, -0.05) is 37.6 Å². The van der Waals surface area contributed by atoms with Crippen molar-refractivity contribution in [3.05, 3.63) is 29.3 Å². The molecule has 0 bridgehead atoms. The van der Waals surface area contributed by atoms with Gasteiger partial charge in [-0.2, -0.15) is 5.26 Å². The maximum Gasteiger partial charge on any atom is 0.354 e. The first kappa shape index (κ1) is 20.1. The van der Waals surface area contributed by atoms with E-state index in [9.17, 15) is 4.57 Å². The zero-order chi connectivity index (χ0) is 17.3. The van der Waals surface area contributed by atoms with Gasteiger partial charge < -0.3 is 4.52 Å². The Morgan fingerprint density at radius 2 is 2.22 bits per heavy atom. The second kappa shape index (κ2) is 10.00. The molecule has 8 heteroatoms. The van der Waals surface area contributed by atoms with Crippen LogP contribution in [0.15, 0.2) is 29.3 Å². The minimum Gasteiger partial charge on any atom is -0.309 e.